The molecule has 15 aromatic rings. The molecule has 125 heavy (non-hydrogen) atoms. The van der Waals surface area contributed by atoms with Crippen LogP contribution in [0.2, 0.25) is 5.02 Å². The van der Waals surface area contributed by atoms with Crippen LogP contribution >= 0.6 is 45.6 Å². The van der Waals surface area contributed by atoms with E-state index in [0.29, 0.717) is 104 Å². The van der Waals surface area contributed by atoms with Crippen LogP contribution in [0.25, 0.3) is 100 Å². The Hall–Kier alpha value is -11.1. The highest BCUT2D eigenvalue weighted by Gasteiger charge is 2.16. The third kappa shape index (κ3) is 34.1. The lowest BCUT2D eigenvalue weighted by molar-refractivity contribution is 0.146. The molecule has 10 aromatic heterocycles. The minimum atomic E-state index is -0.0583. The smallest absolute Gasteiger partial charge is 0.191 e. The molecule has 26 heteroatoms. The van der Waals surface area contributed by atoms with Crippen molar-refractivity contribution in [3.63, 3.8) is 0 Å². The van der Waals surface area contributed by atoms with Crippen LogP contribution in [0.4, 0.5) is 15.4 Å². The summed E-state index contributed by atoms with van der Waals surface area (Å²) in [6.45, 7) is 58.0. The maximum atomic E-state index is 12.4. The van der Waals surface area contributed by atoms with Crippen LogP contribution in [-0.2, 0) is 4.74 Å². The number of fused-ring (bicyclic) bond motifs is 5. The molecular formula is C99H132ClN15O7S3. The van der Waals surface area contributed by atoms with E-state index >= 15 is 0 Å². The standard InChI is InChI=1S/C18H21N3O3S.C16H16ClN3OS.C16H17N3OS.C16H17N3O.C13H11N3O.5C4H10/c1-11(2)19-18-21-16(10-25-18)15-9-17(22)13-5-4-12(8-14(13)20-15)24-7-6-23-3;1-8(2)18-16-20-12(7-22-16)11-6-13(21)10-5-4-9(3)14(17)15(10)19-11;1-9(2)17-16-19-14(8-21-16)13-7-15(20)11-5-4-10(3)6-12(11)18-13;1-10(2)13-6-7-19(18-13)16-9-15(20)12-5-4-11(3)8-14(12)17-16;1-9-3-4-10-11(7-9)15-13(8-12(10)17)16-6-2-5-14-16;5*1-4(2)3/h4-5,8-11H,6-7H2,1-3H3,(H,19,21)(H,20,22);4-8H,1-3H3,(H,18,20)(H,19,21);4-9H,1-3H3,(H,17,19)(H,18,20);4-10H,1-3H3,(H,17,20);2-8H,1H3,(H,15,17);5*4H,1-3H3. The first-order valence-corrected chi connectivity index (χ1v) is 45.8. The van der Waals surface area contributed by atoms with Crippen LogP contribution in [0.1, 0.15) is 193 Å². The van der Waals surface area contributed by atoms with Gasteiger partial charge in [0.25, 0.3) is 0 Å². The summed E-state index contributed by atoms with van der Waals surface area (Å²) in [5, 5.41) is 30.6. The van der Waals surface area contributed by atoms with E-state index in [1.807, 2.05) is 129 Å². The van der Waals surface area contributed by atoms with Gasteiger partial charge < -0.3 is 50.3 Å². The third-order valence-electron chi connectivity index (χ3n) is 16.2. The van der Waals surface area contributed by atoms with Gasteiger partial charge in [0.1, 0.15) is 24.0 Å². The number of ether oxygens (including phenoxy) is 2. The minimum absolute atomic E-state index is 0.00394. The molecule has 0 atom stereocenters. The number of anilines is 3. The highest BCUT2D eigenvalue weighted by Crippen LogP contribution is 2.31. The molecule has 0 unspecified atom stereocenters. The van der Waals surface area contributed by atoms with E-state index in [1.165, 1.54) is 22.7 Å². The van der Waals surface area contributed by atoms with Crippen LogP contribution < -0.4 is 47.8 Å². The lowest BCUT2D eigenvalue weighted by Gasteiger charge is -2.08. The van der Waals surface area contributed by atoms with Gasteiger partial charge in [0.15, 0.2) is 42.5 Å². The summed E-state index contributed by atoms with van der Waals surface area (Å²) in [5.74, 6) is 6.60. The molecule has 0 spiro atoms. The molecule has 5 aromatic carbocycles. The summed E-state index contributed by atoms with van der Waals surface area (Å²) in [5.41, 5.74) is 13.6. The topological polar surface area (TPSA) is 293 Å². The van der Waals surface area contributed by atoms with Gasteiger partial charge in [-0.25, -0.2) is 24.3 Å². The van der Waals surface area contributed by atoms with Crippen molar-refractivity contribution in [2.45, 2.75) is 211 Å². The molecule has 8 N–H and O–H groups in total. The van der Waals surface area contributed by atoms with Gasteiger partial charge >= 0.3 is 0 Å². The van der Waals surface area contributed by atoms with Gasteiger partial charge in [-0.15, -0.1) is 34.0 Å². The van der Waals surface area contributed by atoms with Crippen LogP contribution in [0.5, 0.6) is 5.75 Å². The number of thiazole rings is 3. The molecule has 0 aliphatic carbocycles. The second-order valence-electron chi connectivity index (χ2n) is 35.0. The molecule has 670 valence electrons. The first kappa shape index (κ1) is 103. The summed E-state index contributed by atoms with van der Waals surface area (Å²) in [6.07, 6.45) is 5.36. The summed E-state index contributed by atoms with van der Waals surface area (Å²) in [4.78, 5) is 90.9. The number of halogens is 1. The number of aryl methyl sites for hydroxylation is 4. The number of hydrogen-bond donors (Lipinski definition) is 8. The largest absolute Gasteiger partial charge is 0.491 e. The van der Waals surface area contributed by atoms with Crippen LogP contribution in [0.3, 0.4) is 0 Å². The zero-order chi connectivity index (χ0) is 92.6. The van der Waals surface area contributed by atoms with Crippen molar-refractivity contribution < 1.29 is 9.47 Å². The van der Waals surface area contributed by atoms with Crippen molar-refractivity contribution in [2.75, 3.05) is 36.3 Å². The Morgan fingerprint density at radius 2 is 0.752 bits per heavy atom. The Balaban J connectivity index is 0.000000229. The van der Waals surface area contributed by atoms with Crippen molar-refractivity contribution in [1.29, 1.82) is 0 Å². The zero-order valence-electron chi connectivity index (χ0n) is 78.3. The van der Waals surface area contributed by atoms with E-state index in [0.717, 1.165) is 118 Å². The van der Waals surface area contributed by atoms with Crippen molar-refractivity contribution in [3.8, 4) is 51.5 Å². The van der Waals surface area contributed by atoms with E-state index in [1.54, 1.807) is 88.7 Å². The third-order valence-corrected chi connectivity index (χ3v) is 19.0. The van der Waals surface area contributed by atoms with Gasteiger partial charge in [0.05, 0.1) is 79.1 Å². The quantitative estimate of drug-likeness (QED) is 0.0417. The summed E-state index contributed by atoms with van der Waals surface area (Å²) >= 11 is 10.9. The van der Waals surface area contributed by atoms with Gasteiger partial charge in [-0.1, -0.05) is 154 Å². The first-order valence-electron chi connectivity index (χ1n) is 42.7. The average molecular weight is 1780 g/mol. The van der Waals surface area contributed by atoms with Crippen molar-refractivity contribution >= 4 is 116 Å². The summed E-state index contributed by atoms with van der Waals surface area (Å²) in [6, 6.07) is 39.0. The predicted molar refractivity (Wildman–Crippen MR) is 535 cm³/mol. The second-order valence-corrected chi connectivity index (χ2v) is 37.9. The minimum Gasteiger partial charge on any atom is -0.491 e. The number of aromatic nitrogens is 12. The number of aromatic amines is 5. The van der Waals surface area contributed by atoms with E-state index in [4.69, 9.17) is 21.1 Å². The molecule has 0 fully saturated rings. The number of methoxy groups -OCH3 is 1. The van der Waals surface area contributed by atoms with E-state index < -0.39 is 0 Å². The first-order chi connectivity index (χ1) is 59.0. The molecule has 0 aliphatic rings. The molecule has 0 aliphatic heterocycles. The van der Waals surface area contributed by atoms with Gasteiger partial charge in [-0.3, -0.25) is 24.0 Å². The maximum Gasteiger partial charge on any atom is 0.191 e. The fourth-order valence-corrected chi connectivity index (χ4v) is 13.8. The molecule has 0 bridgehead atoms. The van der Waals surface area contributed by atoms with E-state index in [-0.39, 0.29) is 27.1 Å². The Labute approximate surface area is 754 Å². The number of pyridine rings is 5. The lowest BCUT2D eigenvalue weighted by atomic mass is 10.1. The SMILES string of the molecule is CC(C)C.CC(C)C.CC(C)C.CC(C)C.CC(C)C.COCCOc1ccc2c(=O)cc(-c3csc(NC(C)C)n3)[nH]c2c1.Cc1ccc2c(=O)cc(-c3csc(NC(C)C)n3)[nH]c2c1.Cc1ccc2c(=O)cc(-c3csc(NC(C)C)n3)[nH]c2c1Cl.Cc1ccc2c(=O)cc(-n3ccc(C(C)C)n3)[nH]c2c1.Cc1ccc2c(=O)cc(-n3cccn3)[nH]c2c1. The van der Waals surface area contributed by atoms with Gasteiger partial charge in [-0.2, -0.15) is 10.2 Å². The van der Waals surface area contributed by atoms with Gasteiger partial charge in [0.2, 0.25) is 0 Å². The lowest BCUT2D eigenvalue weighted by Crippen LogP contribution is -2.09. The predicted octanol–water partition coefficient (Wildman–Crippen LogP) is 25.2. The fraction of sp³-hybridized carbons (Fsp3) is 0.394. The number of benzene rings is 5. The Kier molecular flexibility index (Phi) is 41.2. The van der Waals surface area contributed by atoms with Crippen LogP contribution in [0, 0.1) is 57.3 Å². The van der Waals surface area contributed by atoms with Crippen LogP contribution in [-0.4, -0.2) is 97.9 Å². The second kappa shape index (κ2) is 50.2. The number of hydrogen-bond acceptors (Lipinski definition) is 18. The monoisotopic (exact) mass is 1770 g/mol. The zero-order valence-corrected chi connectivity index (χ0v) is 81.5. The molecule has 15 rings (SSSR count). The molecule has 22 nitrogen and oxygen atoms in total. The highest BCUT2D eigenvalue weighted by molar-refractivity contribution is 7.14. The Morgan fingerprint density at radius 3 is 1.12 bits per heavy atom. The van der Waals surface area contributed by atoms with Crippen molar-refractivity contribution in [2.24, 2.45) is 29.6 Å². The van der Waals surface area contributed by atoms with Crippen molar-refractivity contribution in [1.82, 2.24) is 59.4 Å². The van der Waals surface area contributed by atoms with Crippen LogP contribution in [0.15, 0.2) is 186 Å². The van der Waals surface area contributed by atoms with Gasteiger partial charge in [-0.05, 0) is 194 Å². The van der Waals surface area contributed by atoms with E-state index in [2.05, 4.69) is 225 Å². The average Bonchev–Trinajstić information content (AvgIpc) is 1.75. The summed E-state index contributed by atoms with van der Waals surface area (Å²) < 4.78 is 14.0. The number of nitrogens with zero attached hydrogens (tertiary/aromatic N) is 7. The molecule has 0 saturated carbocycles. The molecule has 0 radical (unpaired) electrons. The number of nitrogens with one attached hydrogen (secondary N) is 8. The van der Waals surface area contributed by atoms with Crippen molar-refractivity contribution in [3.05, 3.63) is 246 Å². The molecule has 0 saturated heterocycles. The Bertz CT molecular complexity index is 6130. The number of rotatable bonds is 16. The van der Waals surface area contributed by atoms with E-state index in [9.17, 15) is 24.0 Å². The Morgan fingerprint density at radius 1 is 0.400 bits per heavy atom. The molecule has 0 amide bonds. The molecular weight excluding hydrogens is 1640 g/mol. The summed E-state index contributed by atoms with van der Waals surface area (Å²) in [7, 11) is 1.63. The van der Waals surface area contributed by atoms with Gasteiger partial charge in [0, 0.05) is 123 Å². The fourth-order valence-electron chi connectivity index (χ4n) is 11.0. The maximum absolute atomic E-state index is 12.4. The normalized spacial score (nSPS) is 10.9. The number of H-pyrrole nitrogens is 5. The highest BCUT2D eigenvalue weighted by atomic mass is 35.5. The molecule has 10 heterocycles.